The van der Waals surface area contributed by atoms with Gasteiger partial charge in [-0.2, -0.15) is 0 Å². The molecule has 122 valence electrons. The number of rotatable bonds is 4. The molecule has 0 aliphatic carbocycles. The van der Waals surface area contributed by atoms with Crippen LogP contribution in [-0.2, 0) is 16.3 Å². The minimum absolute atomic E-state index is 0.0529. The smallest absolute Gasteiger partial charge is 0.206 e. The quantitative estimate of drug-likeness (QED) is 0.935. The van der Waals surface area contributed by atoms with Gasteiger partial charge >= 0.3 is 0 Å². The molecular formula is C18H21NO3S. The van der Waals surface area contributed by atoms with E-state index in [1.807, 2.05) is 13.0 Å². The molecule has 4 nitrogen and oxygen atoms in total. The maximum Gasteiger partial charge on any atom is 0.206 e. The standard InChI is InChI=1S/C18H21NO3S/c1-13(19)11-15-9-7-14-8-10-17(12-18(14)22-15)23(20,21)16-5-3-2-4-6-16/h2-6,8,10,12-13,15H,7,9,11,19H2,1H3. The van der Waals surface area contributed by atoms with Gasteiger partial charge in [0.2, 0.25) is 9.84 Å². The van der Waals surface area contributed by atoms with E-state index in [0.29, 0.717) is 10.6 Å². The highest BCUT2D eigenvalue weighted by Crippen LogP contribution is 2.33. The molecule has 1 heterocycles. The average molecular weight is 331 g/mol. The fraction of sp³-hybridized carbons (Fsp3) is 0.333. The molecule has 1 aliphatic heterocycles. The van der Waals surface area contributed by atoms with Crippen molar-refractivity contribution in [1.82, 2.24) is 0 Å². The normalized spacial score (nSPS) is 18.8. The molecule has 0 spiro atoms. The van der Waals surface area contributed by atoms with Gasteiger partial charge in [-0.05, 0) is 56.0 Å². The summed E-state index contributed by atoms with van der Waals surface area (Å²) in [7, 11) is -3.52. The predicted octanol–water partition coefficient (Wildman–Crippen LogP) is 2.95. The van der Waals surface area contributed by atoms with Crippen LogP contribution in [0.1, 0.15) is 25.3 Å². The molecule has 0 radical (unpaired) electrons. The molecule has 0 saturated carbocycles. The van der Waals surface area contributed by atoms with Crippen molar-refractivity contribution in [2.24, 2.45) is 5.73 Å². The summed E-state index contributed by atoms with van der Waals surface area (Å²) in [6.45, 7) is 1.95. The molecule has 0 bridgehead atoms. The lowest BCUT2D eigenvalue weighted by Crippen LogP contribution is -2.30. The second kappa shape index (κ2) is 6.34. The Hall–Kier alpha value is -1.85. The zero-order chi connectivity index (χ0) is 16.4. The summed E-state index contributed by atoms with van der Waals surface area (Å²) >= 11 is 0. The molecule has 2 N–H and O–H groups in total. The average Bonchev–Trinajstić information content (AvgIpc) is 2.54. The molecule has 5 heteroatoms. The fourth-order valence-electron chi connectivity index (χ4n) is 2.89. The van der Waals surface area contributed by atoms with E-state index in [4.69, 9.17) is 10.5 Å². The first-order valence-electron chi connectivity index (χ1n) is 7.82. The molecule has 0 amide bonds. The summed E-state index contributed by atoms with van der Waals surface area (Å²) in [6, 6.07) is 13.7. The first-order valence-corrected chi connectivity index (χ1v) is 9.30. The van der Waals surface area contributed by atoms with E-state index in [1.165, 1.54) is 0 Å². The predicted molar refractivity (Wildman–Crippen MR) is 89.3 cm³/mol. The highest BCUT2D eigenvalue weighted by Gasteiger charge is 2.24. The van der Waals surface area contributed by atoms with Crippen LogP contribution < -0.4 is 10.5 Å². The van der Waals surface area contributed by atoms with E-state index in [0.717, 1.165) is 24.8 Å². The largest absolute Gasteiger partial charge is 0.490 e. The Morgan fingerprint density at radius 2 is 1.91 bits per heavy atom. The zero-order valence-corrected chi connectivity index (χ0v) is 13.9. The Morgan fingerprint density at radius 1 is 1.17 bits per heavy atom. The molecule has 0 fully saturated rings. The topological polar surface area (TPSA) is 69.4 Å². The number of benzene rings is 2. The highest BCUT2D eigenvalue weighted by atomic mass is 32.2. The summed E-state index contributed by atoms with van der Waals surface area (Å²) in [5.41, 5.74) is 6.90. The first-order chi connectivity index (χ1) is 11.0. The second-order valence-electron chi connectivity index (χ2n) is 6.08. The molecule has 2 atom stereocenters. The van der Waals surface area contributed by atoms with Crippen molar-refractivity contribution in [1.29, 1.82) is 0 Å². The van der Waals surface area contributed by atoms with Crippen molar-refractivity contribution in [2.45, 2.75) is 48.1 Å². The van der Waals surface area contributed by atoms with Crippen molar-refractivity contribution < 1.29 is 13.2 Å². The minimum Gasteiger partial charge on any atom is -0.490 e. The molecule has 0 aromatic heterocycles. The van der Waals surface area contributed by atoms with Gasteiger partial charge in [-0.25, -0.2) is 8.42 Å². The van der Waals surface area contributed by atoms with Gasteiger partial charge in [0.05, 0.1) is 9.79 Å². The Kier molecular flexibility index (Phi) is 4.41. The molecule has 23 heavy (non-hydrogen) atoms. The van der Waals surface area contributed by atoms with E-state index >= 15 is 0 Å². The molecular weight excluding hydrogens is 310 g/mol. The summed E-state index contributed by atoms with van der Waals surface area (Å²) in [5.74, 6) is 0.666. The van der Waals surface area contributed by atoms with Gasteiger partial charge in [0.15, 0.2) is 0 Å². The number of hydrogen-bond donors (Lipinski definition) is 1. The minimum atomic E-state index is -3.52. The van der Waals surface area contributed by atoms with Crippen LogP contribution in [0.25, 0.3) is 0 Å². The van der Waals surface area contributed by atoms with Crippen LogP contribution in [0.15, 0.2) is 58.3 Å². The van der Waals surface area contributed by atoms with E-state index in [1.54, 1.807) is 42.5 Å². The SMILES string of the molecule is CC(N)CC1CCc2ccc(S(=O)(=O)c3ccccc3)cc2O1. The summed E-state index contributed by atoms with van der Waals surface area (Å²) in [6.07, 6.45) is 2.63. The number of sulfone groups is 1. The fourth-order valence-corrected chi connectivity index (χ4v) is 4.19. The molecule has 2 aromatic carbocycles. The van der Waals surface area contributed by atoms with Crippen molar-refractivity contribution >= 4 is 9.84 Å². The van der Waals surface area contributed by atoms with Crippen molar-refractivity contribution in [2.75, 3.05) is 0 Å². The van der Waals surface area contributed by atoms with Crippen LogP contribution in [-0.4, -0.2) is 20.6 Å². The third kappa shape index (κ3) is 3.41. The van der Waals surface area contributed by atoms with Gasteiger partial charge in [-0.3, -0.25) is 0 Å². The maximum atomic E-state index is 12.7. The van der Waals surface area contributed by atoms with Crippen LogP contribution in [0.4, 0.5) is 0 Å². The van der Waals surface area contributed by atoms with E-state index in [2.05, 4.69) is 0 Å². The second-order valence-corrected chi connectivity index (χ2v) is 8.03. The third-order valence-electron chi connectivity index (χ3n) is 4.07. The van der Waals surface area contributed by atoms with E-state index in [-0.39, 0.29) is 17.0 Å². The van der Waals surface area contributed by atoms with Crippen molar-refractivity contribution in [3.8, 4) is 5.75 Å². The Morgan fingerprint density at radius 3 is 2.61 bits per heavy atom. The number of nitrogens with two attached hydrogens (primary N) is 1. The van der Waals surface area contributed by atoms with E-state index in [9.17, 15) is 8.42 Å². The third-order valence-corrected chi connectivity index (χ3v) is 5.83. The highest BCUT2D eigenvalue weighted by molar-refractivity contribution is 7.91. The zero-order valence-electron chi connectivity index (χ0n) is 13.1. The van der Waals surface area contributed by atoms with Crippen LogP contribution in [0, 0.1) is 0 Å². The van der Waals surface area contributed by atoms with Gasteiger partial charge in [-0.1, -0.05) is 24.3 Å². The van der Waals surface area contributed by atoms with Crippen molar-refractivity contribution in [3.05, 3.63) is 54.1 Å². The Balaban J connectivity index is 1.92. The molecule has 0 saturated heterocycles. The lowest BCUT2D eigenvalue weighted by molar-refractivity contribution is 0.157. The number of ether oxygens (including phenoxy) is 1. The Bertz CT molecular complexity index is 785. The summed E-state index contributed by atoms with van der Waals surface area (Å²) in [4.78, 5) is 0.562. The molecule has 2 aromatic rings. The number of aryl methyl sites for hydroxylation is 1. The monoisotopic (exact) mass is 331 g/mol. The van der Waals surface area contributed by atoms with Crippen LogP contribution in [0.2, 0.25) is 0 Å². The lowest BCUT2D eigenvalue weighted by Gasteiger charge is -2.27. The molecule has 2 unspecified atom stereocenters. The summed E-state index contributed by atoms with van der Waals surface area (Å²) < 4.78 is 31.4. The number of hydrogen-bond acceptors (Lipinski definition) is 4. The van der Waals surface area contributed by atoms with Gasteiger partial charge in [0, 0.05) is 6.04 Å². The number of fused-ring (bicyclic) bond motifs is 1. The van der Waals surface area contributed by atoms with Crippen LogP contribution in [0.3, 0.4) is 0 Å². The van der Waals surface area contributed by atoms with Crippen molar-refractivity contribution in [3.63, 3.8) is 0 Å². The van der Waals surface area contributed by atoms with Crippen LogP contribution >= 0.6 is 0 Å². The summed E-state index contributed by atoms with van der Waals surface area (Å²) in [5, 5.41) is 0. The van der Waals surface area contributed by atoms with Crippen LogP contribution in [0.5, 0.6) is 5.75 Å². The van der Waals surface area contributed by atoms with E-state index < -0.39 is 9.84 Å². The van der Waals surface area contributed by atoms with Gasteiger partial charge in [0.1, 0.15) is 11.9 Å². The molecule has 3 rings (SSSR count). The van der Waals surface area contributed by atoms with Gasteiger partial charge in [-0.15, -0.1) is 0 Å². The first kappa shape index (κ1) is 16.0. The maximum absolute atomic E-state index is 12.7. The lowest BCUT2D eigenvalue weighted by atomic mass is 9.99. The Labute approximate surface area is 137 Å². The molecule has 1 aliphatic rings. The van der Waals surface area contributed by atoms with Gasteiger partial charge < -0.3 is 10.5 Å². The van der Waals surface area contributed by atoms with Gasteiger partial charge in [0.25, 0.3) is 0 Å².